The number of halogens is 1. The van der Waals surface area contributed by atoms with E-state index in [0.717, 1.165) is 40.6 Å². The third kappa shape index (κ3) is 4.66. The highest BCUT2D eigenvalue weighted by molar-refractivity contribution is 9.10. The summed E-state index contributed by atoms with van der Waals surface area (Å²) in [6, 6.07) is 4.03. The first kappa shape index (κ1) is 14.5. The van der Waals surface area contributed by atoms with Crippen LogP contribution in [0.2, 0.25) is 0 Å². The molecule has 0 bridgehead atoms. The molecule has 0 saturated carbocycles. The van der Waals surface area contributed by atoms with Gasteiger partial charge in [0.1, 0.15) is 5.75 Å². The molecule has 0 saturated heterocycles. The highest BCUT2D eigenvalue weighted by Crippen LogP contribution is 2.27. The van der Waals surface area contributed by atoms with Crippen molar-refractivity contribution < 1.29 is 9.84 Å². The van der Waals surface area contributed by atoms with Crippen molar-refractivity contribution in [1.29, 1.82) is 0 Å². The summed E-state index contributed by atoms with van der Waals surface area (Å²) < 4.78 is 6.81. The van der Waals surface area contributed by atoms with Gasteiger partial charge in [0.2, 0.25) is 0 Å². The molecule has 3 N–H and O–H groups in total. The first-order valence-corrected chi connectivity index (χ1v) is 6.71. The maximum Gasteiger partial charge on any atom is 0.126 e. The van der Waals surface area contributed by atoms with Gasteiger partial charge in [-0.25, -0.2) is 0 Å². The zero-order valence-corrected chi connectivity index (χ0v) is 11.8. The van der Waals surface area contributed by atoms with Crippen LogP contribution in [0.1, 0.15) is 30.4 Å². The van der Waals surface area contributed by atoms with E-state index in [4.69, 9.17) is 15.6 Å². The molecule has 0 spiro atoms. The second kappa shape index (κ2) is 7.69. The van der Waals surface area contributed by atoms with Gasteiger partial charge in [0, 0.05) is 23.2 Å². The van der Waals surface area contributed by atoms with Crippen molar-refractivity contribution in [2.24, 2.45) is 5.73 Å². The van der Waals surface area contributed by atoms with Crippen LogP contribution < -0.4 is 10.5 Å². The topological polar surface area (TPSA) is 55.5 Å². The monoisotopic (exact) mass is 301 g/mol. The van der Waals surface area contributed by atoms with E-state index >= 15 is 0 Å². The van der Waals surface area contributed by atoms with Crippen LogP contribution in [-0.4, -0.2) is 18.3 Å². The van der Waals surface area contributed by atoms with Crippen molar-refractivity contribution in [2.75, 3.05) is 13.2 Å². The fraction of sp³-hybridized carbons (Fsp3) is 0.538. The van der Waals surface area contributed by atoms with Crippen molar-refractivity contribution in [1.82, 2.24) is 0 Å². The number of ether oxygens (including phenoxy) is 1. The Kier molecular flexibility index (Phi) is 6.55. The van der Waals surface area contributed by atoms with E-state index in [1.165, 1.54) is 0 Å². The van der Waals surface area contributed by atoms with Crippen molar-refractivity contribution in [3.63, 3.8) is 0 Å². The molecule has 3 nitrogen and oxygen atoms in total. The lowest BCUT2D eigenvalue weighted by atomic mass is 10.1. The van der Waals surface area contributed by atoms with Gasteiger partial charge in [0.05, 0.1) is 6.61 Å². The Balaban J connectivity index is 2.57. The minimum atomic E-state index is 0.255. The van der Waals surface area contributed by atoms with Crippen molar-refractivity contribution in [2.45, 2.75) is 32.7 Å². The molecular weight excluding hydrogens is 282 g/mol. The maximum atomic E-state index is 8.68. The van der Waals surface area contributed by atoms with Gasteiger partial charge in [-0.2, -0.15) is 0 Å². The normalized spacial score (nSPS) is 10.6. The van der Waals surface area contributed by atoms with E-state index in [0.29, 0.717) is 13.2 Å². The van der Waals surface area contributed by atoms with Crippen LogP contribution in [0.5, 0.6) is 5.75 Å². The summed E-state index contributed by atoms with van der Waals surface area (Å²) in [5.41, 5.74) is 7.83. The quantitative estimate of drug-likeness (QED) is 0.762. The predicted octanol–water partition coefficient (Wildman–Crippen LogP) is 2.76. The number of hydrogen-bond acceptors (Lipinski definition) is 3. The van der Waals surface area contributed by atoms with Crippen molar-refractivity contribution in [3.8, 4) is 5.75 Å². The molecule has 0 aliphatic carbocycles. The SMILES string of the molecule is Cc1cc(Br)cc(CN)c1OCCCCCO. The Hall–Kier alpha value is -0.580. The van der Waals surface area contributed by atoms with Gasteiger partial charge in [-0.3, -0.25) is 0 Å². The number of aliphatic hydroxyl groups is 1. The highest BCUT2D eigenvalue weighted by atomic mass is 79.9. The van der Waals surface area contributed by atoms with Gasteiger partial charge in [0.25, 0.3) is 0 Å². The van der Waals surface area contributed by atoms with Crippen LogP contribution in [0.15, 0.2) is 16.6 Å². The van der Waals surface area contributed by atoms with Gasteiger partial charge < -0.3 is 15.6 Å². The number of aryl methyl sites for hydroxylation is 1. The average molecular weight is 302 g/mol. The molecule has 0 unspecified atom stereocenters. The molecule has 17 heavy (non-hydrogen) atoms. The number of benzene rings is 1. The minimum Gasteiger partial charge on any atom is -0.493 e. The predicted molar refractivity (Wildman–Crippen MR) is 73.2 cm³/mol. The molecule has 4 heteroatoms. The third-order valence-electron chi connectivity index (χ3n) is 2.59. The Labute approximate surface area is 111 Å². The fourth-order valence-electron chi connectivity index (χ4n) is 1.72. The molecule has 96 valence electrons. The smallest absolute Gasteiger partial charge is 0.126 e. The van der Waals surface area contributed by atoms with E-state index in [1.807, 2.05) is 19.1 Å². The van der Waals surface area contributed by atoms with Crippen LogP contribution in [0.3, 0.4) is 0 Å². The number of hydrogen-bond donors (Lipinski definition) is 2. The molecule has 0 heterocycles. The first-order valence-electron chi connectivity index (χ1n) is 5.91. The summed E-state index contributed by atoms with van der Waals surface area (Å²) in [7, 11) is 0. The van der Waals surface area contributed by atoms with Crippen molar-refractivity contribution >= 4 is 15.9 Å². The molecular formula is C13H20BrNO2. The molecule has 0 fully saturated rings. The Morgan fingerprint density at radius 3 is 2.71 bits per heavy atom. The summed E-state index contributed by atoms with van der Waals surface area (Å²) >= 11 is 3.45. The molecule has 0 atom stereocenters. The standard InChI is InChI=1S/C13H20BrNO2/c1-10-7-12(14)8-11(9-15)13(10)17-6-4-2-3-5-16/h7-8,16H,2-6,9,15H2,1H3. The first-order chi connectivity index (χ1) is 8.19. The maximum absolute atomic E-state index is 8.68. The Bertz CT molecular complexity index is 356. The van der Waals surface area contributed by atoms with E-state index in [9.17, 15) is 0 Å². The average Bonchev–Trinajstić information content (AvgIpc) is 2.30. The summed E-state index contributed by atoms with van der Waals surface area (Å²) in [4.78, 5) is 0. The summed E-state index contributed by atoms with van der Waals surface area (Å²) in [6.45, 7) is 3.43. The van der Waals surface area contributed by atoms with Crippen LogP contribution in [0.4, 0.5) is 0 Å². The molecule has 0 radical (unpaired) electrons. The van der Waals surface area contributed by atoms with Crippen LogP contribution >= 0.6 is 15.9 Å². The van der Waals surface area contributed by atoms with E-state index < -0.39 is 0 Å². The van der Waals surface area contributed by atoms with Gasteiger partial charge in [0.15, 0.2) is 0 Å². The molecule has 0 amide bonds. The van der Waals surface area contributed by atoms with E-state index in [2.05, 4.69) is 15.9 Å². The van der Waals surface area contributed by atoms with Gasteiger partial charge >= 0.3 is 0 Å². The zero-order chi connectivity index (χ0) is 12.7. The second-order valence-corrected chi connectivity index (χ2v) is 4.96. The number of aliphatic hydroxyl groups excluding tert-OH is 1. The summed E-state index contributed by atoms with van der Waals surface area (Å²) in [6.07, 6.45) is 2.79. The number of rotatable bonds is 7. The lowest BCUT2D eigenvalue weighted by molar-refractivity contribution is 0.264. The molecule has 0 aromatic heterocycles. The molecule has 1 aromatic rings. The third-order valence-corrected chi connectivity index (χ3v) is 3.04. The Morgan fingerprint density at radius 1 is 1.29 bits per heavy atom. The molecule has 1 rings (SSSR count). The lowest BCUT2D eigenvalue weighted by Gasteiger charge is -2.13. The molecule has 0 aliphatic rings. The van der Waals surface area contributed by atoms with Crippen LogP contribution in [0.25, 0.3) is 0 Å². The van der Waals surface area contributed by atoms with Gasteiger partial charge in [-0.15, -0.1) is 0 Å². The van der Waals surface area contributed by atoms with Gasteiger partial charge in [-0.1, -0.05) is 15.9 Å². The Morgan fingerprint density at radius 2 is 2.06 bits per heavy atom. The summed E-state index contributed by atoms with van der Waals surface area (Å²) in [5, 5.41) is 8.68. The molecule has 0 aliphatic heterocycles. The van der Waals surface area contributed by atoms with Crippen molar-refractivity contribution in [3.05, 3.63) is 27.7 Å². The second-order valence-electron chi connectivity index (χ2n) is 4.05. The molecule has 1 aromatic carbocycles. The van der Waals surface area contributed by atoms with E-state index in [1.54, 1.807) is 0 Å². The lowest BCUT2D eigenvalue weighted by Crippen LogP contribution is -2.05. The summed E-state index contributed by atoms with van der Waals surface area (Å²) in [5.74, 6) is 0.902. The highest BCUT2D eigenvalue weighted by Gasteiger charge is 2.07. The number of nitrogens with two attached hydrogens (primary N) is 1. The largest absolute Gasteiger partial charge is 0.493 e. The minimum absolute atomic E-state index is 0.255. The number of unbranched alkanes of at least 4 members (excludes halogenated alkanes) is 2. The van der Waals surface area contributed by atoms with Crippen LogP contribution in [-0.2, 0) is 6.54 Å². The van der Waals surface area contributed by atoms with Gasteiger partial charge in [-0.05, 0) is 43.9 Å². The van der Waals surface area contributed by atoms with Crippen LogP contribution in [0, 0.1) is 6.92 Å². The van der Waals surface area contributed by atoms with E-state index in [-0.39, 0.29) is 6.61 Å². The zero-order valence-electron chi connectivity index (χ0n) is 10.2. The fourth-order valence-corrected chi connectivity index (χ4v) is 2.34.